The van der Waals surface area contributed by atoms with Crippen molar-refractivity contribution in [3.63, 3.8) is 0 Å². The van der Waals surface area contributed by atoms with Crippen LogP contribution < -0.4 is 14.9 Å². The van der Waals surface area contributed by atoms with Gasteiger partial charge >= 0.3 is 5.97 Å². The minimum Gasteiger partial charge on any atom is -0.460 e. The number of nitrogens with zero attached hydrogens (tertiary/aromatic N) is 2. The molecule has 0 spiro atoms. The minimum absolute atomic E-state index is 0.0708. The lowest BCUT2D eigenvalue weighted by Gasteiger charge is -2.24. The number of thiazole rings is 1. The highest BCUT2D eigenvalue weighted by Crippen LogP contribution is 2.33. The number of halogens is 3. The minimum atomic E-state index is -0.756. The van der Waals surface area contributed by atoms with E-state index in [1.165, 1.54) is 23.0 Å². The topological polar surface area (TPSA) is 83.0 Å². The van der Waals surface area contributed by atoms with Crippen molar-refractivity contribution in [3.8, 4) is 11.3 Å². The van der Waals surface area contributed by atoms with Gasteiger partial charge in [-0.05, 0) is 55.0 Å². The fourth-order valence-corrected chi connectivity index (χ4v) is 5.76. The van der Waals surface area contributed by atoms with Gasteiger partial charge in [0.1, 0.15) is 18.1 Å². The van der Waals surface area contributed by atoms with Gasteiger partial charge in [-0.3, -0.25) is 9.36 Å². The van der Waals surface area contributed by atoms with E-state index in [0.717, 1.165) is 0 Å². The molecule has 1 aliphatic heterocycles. The highest BCUT2D eigenvalue weighted by Gasteiger charge is 2.33. The summed E-state index contributed by atoms with van der Waals surface area (Å²) >= 11 is 19.8. The first-order valence-corrected chi connectivity index (χ1v) is 13.7. The maximum absolute atomic E-state index is 13.8. The van der Waals surface area contributed by atoms with Crippen LogP contribution in [0, 0.1) is 0 Å². The van der Waals surface area contributed by atoms with Gasteiger partial charge < -0.3 is 13.9 Å². The normalized spacial score (nSPS) is 15.3. The number of ether oxygens (including phenoxy) is 2. The number of benzene rings is 2. The number of carbonyl (C=O) groups excluding carboxylic acids is 1. The van der Waals surface area contributed by atoms with Crippen LogP contribution in [-0.2, 0) is 14.3 Å². The summed E-state index contributed by atoms with van der Waals surface area (Å²) in [4.78, 5) is 32.0. The summed E-state index contributed by atoms with van der Waals surface area (Å²) in [5.74, 6) is 0.387. The summed E-state index contributed by atoms with van der Waals surface area (Å²) in [6, 6.07) is 14.8. The van der Waals surface area contributed by atoms with Crippen LogP contribution >= 0.6 is 46.1 Å². The lowest BCUT2D eigenvalue weighted by Crippen LogP contribution is -2.40. The third kappa shape index (κ3) is 5.62. The first kappa shape index (κ1) is 27.4. The third-order valence-electron chi connectivity index (χ3n) is 6.04. The van der Waals surface area contributed by atoms with Crippen molar-refractivity contribution in [2.75, 3.05) is 20.3 Å². The number of rotatable bonds is 7. The number of hydrogen-bond donors (Lipinski definition) is 0. The van der Waals surface area contributed by atoms with Crippen molar-refractivity contribution >= 4 is 58.2 Å². The number of fused-ring (bicyclic) bond motifs is 1. The van der Waals surface area contributed by atoms with E-state index >= 15 is 0 Å². The second-order valence-electron chi connectivity index (χ2n) is 8.59. The molecule has 39 heavy (non-hydrogen) atoms. The van der Waals surface area contributed by atoms with Crippen molar-refractivity contribution in [2.24, 2.45) is 4.99 Å². The van der Waals surface area contributed by atoms with Crippen LogP contribution in [0.2, 0.25) is 15.1 Å². The number of furan rings is 1. The van der Waals surface area contributed by atoms with Crippen LogP contribution in [0.25, 0.3) is 17.4 Å². The lowest BCUT2D eigenvalue weighted by molar-refractivity contribution is -0.140. The van der Waals surface area contributed by atoms with Gasteiger partial charge in [0.2, 0.25) is 0 Å². The Hall–Kier alpha value is -3.14. The number of hydrogen-bond acceptors (Lipinski definition) is 7. The molecule has 1 unspecified atom stereocenters. The molecular formula is C28H21Cl3N2O5S. The van der Waals surface area contributed by atoms with Crippen LogP contribution in [0.3, 0.4) is 0 Å². The second kappa shape index (κ2) is 11.5. The van der Waals surface area contributed by atoms with Crippen LogP contribution in [0.15, 0.2) is 80.1 Å². The molecule has 0 fully saturated rings. The Kier molecular flexibility index (Phi) is 8.11. The third-order valence-corrected chi connectivity index (χ3v) is 7.84. The number of carbonyl (C=O) groups is 1. The molecule has 0 amide bonds. The van der Waals surface area contributed by atoms with Gasteiger partial charge in [0, 0.05) is 28.8 Å². The van der Waals surface area contributed by atoms with E-state index in [4.69, 9.17) is 48.7 Å². The van der Waals surface area contributed by atoms with E-state index in [1.807, 2.05) is 0 Å². The van der Waals surface area contributed by atoms with Crippen LogP contribution in [-0.4, -0.2) is 30.9 Å². The Labute approximate surface area is 242 Å². The van der Waals surface area contributed by atoms with Crippen molar-refractivity contribution in [1.29, 1.82) is 0 Å². The molecule has 0 radical (unpaired) electrons. The fraction of sp³-hybridized carbons (Fsp3) is 0.179. The predicted octanol–water partition coefficient (Wildman–Crippen LogP) is 5.65. The van der Waals surface area contributed by atoms with E-state index < -0.39 is 12.0 Å². The Morgan fingerprint density at radius 2 is 1.82 bits per heavy atom. The second-order valence-corrected chi connectivity index (χ2v) is 10.9. The molecule has 11 heteroatoms. The summed E-state index contributed by atoms with van der Waals surface area (Å²) in [5, 5.41) is 1.54. The van der Waals surface area contributed by atoms with Crippen LogP contribution in [0.5, 0.6) is 0 Å². The smallest absolute Gasteiger partial charge is 0.338 e. The summed E-state index contributed by atoms with van der Waals surface area (Å²) in [6.07, 6.45) is 1.64. The molecule has 5 rings (SSSR count). The van der Waals surface area contributed by atoms with E-state index in [2.05, 4.69) is 4.99 Å². The zero-order valence-electron chi connectivity index (χ0n) is 20.7. The van der Waals surface area contributed by atoms with Crippen LogP contribution in [0.1, 0.15) is 24.3 Å². The summed E-state index contributed by atoms with van der Waals surface area (Å²) in [5.41, 5.74) is 1.73. The number of aromatic nitrogens is 1. The largest absolute Gasteiger partial charge is 0.460 e. The van der Waals surface area contributed by atoms with Gasteiger partial charge in [-0.15, -0.1) is 0 Å². The molecule has 0 bridgehead atoms. The molecule has 1 atom stereocenters. The maximum atomic E-state index is 13.8. The first-order valence-electron chi connectivity index (χ1n) is 11.8. The molecule has 0 N–H and O–H groups in total. The van der Waals surface area contributed by atoms with Crippen molar-refractivity contribution in [2.45, 2.75) is 13.0 Å². The maximum Gasteiger partial charge on any atom is 0.338 e. The lowest BCUT2D eigenvalue weighted by atomic mass is 9.96. The Bertz CT molecular complexity index is 1770. The van der Waals surface area contributed by atoms with Crippen molar-refractivity contribution in [1.82, 2.24) is 4.57 Å². The molecule has 2 aromatic carbocycles. The number of esters is 1. The van der Waals surface area contributed by atoms with Gasteiger partial charge in [0.15, 0.2) is 4.80 Å². The fourth-order valence-electron chi connectivity index (χ4n) is 4.23. The van der Waals surface area contributed by atoms with Gasteiger partial charge in [0.25, 0.3) is 5.56 Å². The van der Waals surface area contributed by atoms with E-state index in [1.54, 1.807) is 67.6 Å². The predicted molar refractivity (Wildman–Crippen MR) is 152 cm³/mol. The Morgan fingerprint density at radius 3 is 2.56 bits per heavy atom. The zero-order valence-corrected chi connectivity index (χ0v) is 23.8. The van der Waals surface area contributed by atoms with Gasteiger partial charge in [-0.25, -0.2) is 9.79 Å². The summed E-state index contributed by atoms with van der Waals surface area (Å²) in [7, 11) is 1.52. The monoisotopic (exact) mass is 602 g/mol. The average molecular weight is 604 g/mol. The molecule has 7 nitrogen and oxygen atoms in total. The van der Waals surface area contributed by atoms with Crippen molar-refractivity contribution < 1.29 is 18.7 Å². The van der Waals surface area contributed by atoms with E-state index in [0.29, 0.717) is 52.7 Å². The highest BCUT2D eigenvalue weighted by molar-refractivity contribution is 7.07. The Morgan fingerprint density at radius 1 is 1.08 bits per heavy atom. The highest BCUT2D eigenvalue weighted by atomic mass is 35.5. The SMILES string of the molecule is COCCOC(=O)C1=C(C)N=c2sc(=Cc3ccc(-c4cc(Cl)ccc4Cl)o3)c(=O)n2C1c1ccc(Cl)cc1. The Balaban J connectivity index is 1.60. The molecule has 0 saturated carbocycles. The molecule has 0 aliphatic carbocycles. The molecule has 3 heterocycles. The molecular weight excluding hydrogens is 583 g/mol. The summed E-state index contributed by atoms with van der Waals surface area (Å²) < 4.78 is 18.3. The molecule has 4 aromatic rings. The standard InChI is InChI=1S/C28H21Cl3N2O5S/c1-15-24(27(35)37-12-11-36-2)25(16-3-5-17(29)6-4-16)33-26(34)23(39-28(33)32-15)14-19-8-10-22(38-19)20-13-18(30)7-9-21(20)31/h3-10,13-14,25H,11-12H2,1-2H3. The van der Waals surface area contributed by atoms with Gasteiger partial charge in [0.05, 0.1) is 33.5 Å². The van der Waals surface area contributed by atoms with E-state index in [9.17, 15) is 9.59 Å². The number of methoxy groups -OCH3 is 1. The molecule has 200 valence electrons. The van der Waals surface area contributed by atoms with E-state index in [-0.39, 0.29) is 24.3 Å². The van der Waals surface area contributed by atoms with Crippen molar-refractivity contribution in [3.05, 3.63) is 112 Å². The van der Waals surface area contributed by atoms with Crippen LogP contribution in [0.4, 0.5) is 0 Å². The number of allylic oxidation sites excluding steroid dienone is 1. The summed E-state index contributed by atoms with van der Waals surface area (Å²) in [6.45, 7) is 2.04. The average Bonchev–Trinajstić information content (AvgIpc) is 3.49. The molecule has 0 saturated heterocycles. The molecule has 2 aromatic heterocycles. The first-order chi connectivity index (χ1) is 18.8. The molecule has 1 aliphatic rings. The zero-order chi connectivity index (χ0) is 27.7. The van der Waals surface area contributed by atoms with Gasteiger partial charge in [-0.2, -0.15) is 0 Å². The quantitative estimate of drug-likeness (QED) is 0.202. The van der Waals surface area contributed by atoms with Gasteiger partial charge in [-0.1, -0.05) is 58.3 Å².